The summed E-state index contributed by atoms with van der Waals surface area (Å²) < 4.78 is 4.19. The first-order valence-corrected chi connectivity index (χ1v) is 42.0. The first kappa shape index (κ1) is 77.0. The van der Waals surface area contributed by atoms with Gasteiger partial charge in [0.25, 0.3) is 0 Å². The van der Waals surface area contributed by atoms with E-state index in [9.17, 15) is 0 Å². The number of unbranched alkanes of at least 4 members (excludes halogenated alkanes) is 22. The van der Waals surface area contributed by atoms with Crippen molar-refractivity contribution < 1.29 is 17.9 Å². The molecule has 0 saturated heterocycles. The van der Waals surface area contributed by atoms with Crippen molar-refractivity contribution in [2.75, 3.05) is 111 Å². The van der Waals surface area contributed by atoms with Gasteiger partial charge in [-0.25, -0.2) is 0 Å². The number of aryl methyl sites for hydroxylation is 2. The van der Waals surface area contributed by atoms with E-state index in [2.05, 4.69) is 230 Å². The van der Waals surface area contributed by atoms with Crippen molar-refractivity contribution in [1.82, 2.24) is 0 Å². The van der Waals surface area contributed by atoms with Crippen LogP contribution in [-0.4, -0.2) is 129 Å². The van der Waals surface area contributed by atoms with Gasteiger partial charge >= 0.3 is 0 Å². The number of thiophene rings is 3. The molecule has 3 heterocycles. The molecule has 0 N–H and O–H groups in total. The van der Waals surface area contributed by atoms with E-state index in [4.69, 9.17) is 0 Å². The number of benzene rings is 4. The van der Waals surface area contributed by atoms with E-state index in [0.717, 1.165) is 17.9 Å². The van der Waals surface area contributed by atoms with Gasteiger partial charge in [-0.2, -0.15) is 0 Å². The Labute approximate surface area is 606 Å². The quantitative estimate of drug-likeness (QED) is 0.0264. The fraction of sp³-hybridized carbons (Fsp3) is 0.600. The average Bonchev–Trinajstić information content (AvgIpc) is 1.57. The van der Waals surface area contributed by atoms with Gasteiger partial charge in [-0.3, -0.25) is 0 Å². The second kappa shape index (κ2) is 36.1. The Hall–Kier alpha value is -4.18. The number of fused-ring (bicyclic) bond motifs is 6. The second-order valence-electron chi connectivity index (χ2n) is 34.6. The highest BCUT2D eigenvalue weighted by molar-refractivity contribution is 7.18. The Morgan fingerprint density at radius 2 is 0.485 bits per heavy atom. The molecule has 9 rings (SSSR count). The third-order valence-electron chi connectivity index (χ3n) is 22.1. The highest BCUT2D eigenvalue weighted by Gasteiger charge is 2.45. The molecular formula is C90H136N4S3+4. The fourth-order valence-corrected chi connectivity index (χ4v) is 19.6. The number of hydrogen-bond donors (Lipinski definition) is 0. The zero-order valence-electron chi connectivity index (χ0n) is 64.3. The third-order valence-corrected chi connectivity index (χ3v) is 25.6. The Kier molecular flexibility index (Phi) is 28.7. The molecule has 3 aromatic heterocycles. The largest absolute Gasteiger partial charge is 0.331 e. The van der Waals surface area contributed by atoms with Crippen molar-refractivity contribution in [3.05, 3.63) is 141 Å². The van der Waals surface area contributed by atoms with Crippen molar-refractivity contribution >= 4 is 34.0 Å². The van der Waals surface area contributed by atoms with Gasteiger partial charge in [0.15, 0.2) is 0 Å². The molecule has 7 heteroatoms. The molecule has 4 nitrogen and oxygen atoms in total. The number of rotatable bonds is 46. The lowest BCUT2D eigenvalue weighted by molar-refractivity contribution is -0.870. The van der Waals surface area contributed by atoms with Crippen LogP contribution < -0.4 is 0 Å². The molecule has 0 unspecified atom stereocenters. The third kappa shape index (κ3) is 22.2. The van der Waals surface area contributed by atoms with Gasteiger partial charge in [-0.05, 0) is 230 Å². The summed E-state index contributed by atoms with van der Waals surface area (Å²) in [5.41, 5.74) is 18.0. The van der Waals surface area contributed by atoms with Crippen LogP contribution in [0.5, 0.6) is 0 Å². The van der Waals surface area contributed by atoms with Gasteiger partial charge in [-0.1, -0.05) is 178 Å². The summed E-state index contributed by atoms with van der Waals surface area (Å²) >= 11 is 6.15. The van der Waals surface area contributed by atoms with Crippen molar-refractivity contribution in [3.63, 3.8) is 0 Å². The van der Waals surface area contributed by atoms with Crippen molar-refractivity contribution in [2.45, 2.75) is 243 Å². The molecule has 97 heavy (non-hydrogen) atoms. The maximum absolute atomic E-state index is 2.72. The first-order chi connectivity index (χ1) is 46.5. The van der Waals surface area contributed by atoms with Crippen LogP contribution in [0, 0.1) is 0 Å². The van der Waals surface area contributed by atoms with E-state index in [1.165, 1.54) is 309 Å². The Bertz CT molecular complexity index is 3220. The van der Waals surface area contributed by atoms with Crippen LogP contribution in [0.15, 0.2) is 109 Å². The normalized spacial score (nSPS) is 14.2. The maximum atomic E-state index is 2.72. The molecular weight excluding hydrogens is 1230 g/mol. The van der Waals surface area contributed by atoms with Crippen molar-refractivity contribution in [3.8, 4) is 64.0 Å². The van der Waals surface area contributed by atoms with Gasteiger partial charge in [0.05, 0.1) is 111 Å². The predicted octanol–water partition coefficient (Wildman–Crippen LogP) is 25.5. The SMILES string of the molecule is CCCCCCCCc1ccc(-c2ccc3c(c2)C(CCCCCC[N+](C)(C)C)(CCCCCC[N+](C)(C)C)c2cc(-c4ccc(-c5ccc6c(c5)C(CCCCCC[N+](C)(C)C)(CCCCCC[N+](C)(C)C)c5cc(-c7ccc(CCCCCCCC)s7)ccc5-6)s4)ccc2-3)s1. The van der Waals surface area contributed by atoms with Gasteiger partial charge in [0.2, 0.25) is 0 Å². The standard InChI is InChI=1S/C90H136N4S3/c1-15-17-19-21-23-33-43-75-49-55-85(95-75)71-45-51-77-79-53-47-73(69-83(79)89(81(77)67-71,59-35-25-29-39-63-91(3,4)5)60-36-26-30-40-64-92(6,7)8)87-57-58-88(97-87)74-48-54-80-78-52-46-72(86-56-50-76(96-86)44-34-24-22-20-18-16-2)68-82(78)90(84(80)70-74,61-37-27-31-41-65-93(9,10)11)62-38-28-32-42-66-94(12,13)14/h45-58,67-70H,15-44,59-66H2,1-14H3/q+4. The van der Waals surface area contributed by atoms with E-state index in [0.29, 0.717) is 0 Å². The van der Waals surface area contributed by atoms with E-state index in [1.807, 2.05) is 11.3 Å². The highest BCUT2D eigenvalue weighted by atomic mass is 32.1. The van der Waals surface area contributed by atoms with Gasteiger partial charge in [0.1, 0.15) is 0 Å². The Balaban J connectivity index is 1.06. The smallest absolute Gasteiger partial charge is 0.0780 e. The van der Waals surface area contributed by atoms with Crippen LogP contribution in [0.4, 0.5) is 0 Å². The molecule has 4 aromatic carbocycles. The van der Waals surface area contributed by atoms with Crippen LogP contribution in [-0.2, 0) is 23.7 Å². The summed E-state index contributed by atoms with van der Waals surface area (Å²) in [5, 5.41) is 0. The summed E-state index contributed by atoms with van der Waals surface area (Å²) in [7, 11) is 28.3. The second-order valence-corrected chi connectivity index (χ2v) is 38.1. The van der Waals surface area contributed by atoms with Crippen LogP contribution in [0.3, 0.4) is 0 Å². The monoisotopic (exact) mass is 1370 g/mol. The zero-order chi connectivity index (χ0) is 69.1. The predicted molar refractivity (Wildman–Crippen MR) is 432 cm³/mol. The summed E-state index contributed by atoms with van der Waals surface area (Å²) in [6.45, 7) is 9.62. The van der Waals surface area contributed by atoms with Crippen LogP contribution >= 0.6 is 34.0 Å². The lowest BCUT2D eigenvalue weighted by atomic mass is 9.70. The molecule has 0 amide bonds. The zero-order valence-corrected chi connectivity index (χ0v) is 66.7. The van der Waals surface area contributed by atoms with Crippen LogP contribution in [0.25, 0.3) is 64.0 Å². The minimum absolute atomic E-state index is 0.0231. The van der Waals surface area contributed by atoms with E-state index in [-0.39, 0.29) is 10.8 Å². The molecule has 7 aromatic rings. The highest BCUT2D eigenvalue weighted by Crippen LogP contribution is 2.58. The molecule has 0 saturated carbocycles. The maximum Gasteiger partial charge on any atom is 0.0780 e. The van der Waals surface area contributed by atoms with Crippen LogP contribution in [0.2, 0.25) is 0 Å². The van der Waals surface area contributed by atoms with E-state index >= 15 is 0 Å². The Morgan fingerprint density at radius 1 is 0.247 bits per heavy atom. The first-order valence-electron chi connectivity index (χ1n) is 39.6. The van der Waals surface area contributed by atoms with E-state index in [1.54, 1.807) is 32.0 Å². The summed E-state index contributed by atoms with van der Waals surface area (Å²) in [6.07, 6.45) is 44.2. The summed E-state index contributed by atoms with van der Waals surface area (Å²) in [4.78, 5) is 8.79. The van der Waals surface area contributed by atoms with E-state index < -0.39 is 0 Å². The van der Waals surface area contributed by atoms with Crippen LogP contribution in [0.1, 0.15) is 251 Å². The number of nitrogens with zero attached hydrogens (tertiary/aromatic N) is 4. The fourth-order valence-electron chi connectivity index (χ4n) is 16.5. The minimum atomic E-state index is -0.0231. The molecule has 0 atom stereocenters. The van der Waals surface area contributed by atoms with Crippen molar-refractivity contribution in [1.29, 1.82) is 0 Å². The number of quaternary nitrogens is 4. The topological polar surface area (TPSA) is 0 Å². The van der Waals surface area contributed by atoms with Gasteiger partial charge in [0, 0.05) is 40.1 Å². The lowest BCUT2D eigenvalue weighted by Crippen LogP contribution is -2.35. The average molecular weight is 1370 g/mol. The summed E-state index contributed by atoms with van der Waals surface area (Å²) in [5.74, 6) is 0. The van der Waals surface area contributed by atoms with Gasteiger partial charge < -0.3 is 17.9 Å². The molecule has 0 aliphatic heterocycles. The van der Waals surface area contributed by atoms with Gasteiger partial charge in [-0.15, -0.1) is 34.0 Å². The number of hydrogen-bond acceptors (Lipinski definition) is 3. The molecule has 2 aliphatic rings. The summed E-state index contributed by atoms with van der Waals surface area (Å²) in [6, 6.07) is 45.8. The molecule has 0 bridgehead atoms. The minimum Gasteiger partial charge on any atom is -0.331 e. The molecule has 530 valence electrons. The molecule has 2 aliphatic carbocycles. The Morgan fingerprint density at radius 3 is 0.763 bits per heavy atom. The molecule has 0 spiro atoms. The molecule has 0 radical (unpaired) electrons. The molecule has 0 fully saturated rings. The van der Waals surface area contributed by atoms with Crippen molar-refractivity contribution in [2.24, 2.45) is 0 Å². The lowest BCUT2D eigenvalue weighted by Gasteiger charge is -2.33.